The van der Waals surface area contributed by atoms with Gasteiger partial charge in [-0.1, -0.05) is 56.9 Å². The standard InChI is InChI=1S/C17H24O2/c1-3-4-5-6-7-8-15-9-11-16(12-10-15)13-14-17(18)19-2/h9-14H,3-8H2,1-2H3/b14-13+. The first kappa shape index (κ1) is 15.5. The van der Waals surface area contributed by atoms with Crippen LogP contribution in [-0.4, -0.2) is 13.1 Å². The zero-order chi connectivity index (χ0) is 13.9. The maximum atomic E-state index is 11.0. The average molecular weight is 260 g/mol. The van der Waals surface area contributed by atoms with Crippen LogP contribution in [0.2, 0.25) is 0 Å². The molecule has 0 aliphatic heterocycles. The molecule has 0 aliphatic carbocycles. The van der Waals surface area contributed by atoms with Gasteiger partial charge in [-0.3, -0.25) is 0 Å². The number of benzene rings is 1. The molecule has 0 fully saturated rings. The van der Waals surface area contributed by atoms with Crippen LogP contribution in [0.5, 0.6) is 0 Å². The van der Waals surface area contributed by atoms with E-state index in [4.69, 9.17) is 0 Å². The van der Waals surface area contributed by atoms with Crippen LogP contribution in [0.15, 0.2) is 30.3 Å². The van der Waals surface area contributed by atoms with Crippen LogP contribution in [0.4, 0.5) is 0 Å². The minimum Gasteiger partial charge on any atom is -0.466 e. The molecule has 2 heteroatoms. The molecule has 0 radical (unpaired) electrons. The number of carbonyl (C=O) groups is 1. The van der Waals surface area contributed by atoms with Crippen molar-refractivity contribution in [3.05, 3.63) is 41.5 Å². The Bertz CT molecular complexity index is 390. The van der Waals surface area contributed by atoms with E-state index in [9.17, 15) is 4.79 Å². The second-order valence-corrected chi connectivity index (χ2v) is 4.76. The second-order valence-electron chi connectivity index (χ2n) is 4.76. The van der Waals surface area contributed by atoms with Crippen molar-refractivity contribution in [2.24, 2.45) is 0 Å². The third kappa shape index (κ3) is 6.80. The maximum absolute atomic E-state index is 11.0. The number of esters is 1. The fourth-order valence-electron chi connectivity index (χ4n) is 1.96. The van der Waals surface area contributed by atoms with Gasteiger partial charge in [0, 0.05) is 6.08 Å². The zero-order valence-electron chi connectivity index (χ0n) is 12.0. The van der Waals surface area contributed by atoms with E-state index in [2.05, 4.69) is 23.8 Å². The summed E-state index contributed by atoms with van der Waals surface area (Å²) in [6.45, 7) is 2.24. The summed E-state index contributed by atoms with van der Waals surface area (Å²) < 4.78 is 4.56. The molecule has 1 rings (SSSR count). The molecule has 0 amide bonds. The maximum Gasteiger partial charge on any atom is 0.330 e. The summed E-state index contributed by atoms with van der Waals surface area (Å²) in [5, 5.41) is 0. The molecule has 0 heterocycles. The van der Waals surface area contributed by atoms with Gasteiger partial charge in [0.05, 0.1) is 7.11 Å². The molecule has 0 atom stereocenters. The van der Waals surface area contributed by atoms with Crippen LogP contribution >= 0.6 is 0 Å². The van der Waals surface area contributed by atoms with E-state index in [1.807, 2.05) is 12.1 Å². The monoisotopic (exact) mass is 260 g/mol. The number of hydrogen-bond acceptors (Lipinski definition) is 2. The molecule has 104 valence electrons. The van der Waals surface area contributed by atoms with E-state index in [1.54, 1.807) is 6.08 Å². The number of aryl methyl sites for hydroxylation is 1. The molecule has 0 spiro atoms. The quantitative estimate of drug-likeness (QED) is 0.394. The predicted molar refractivity (Wildman–Crippen MR) is 80.0 cm³/mol. The van der Waals surface area contributed by atoms with Gasteiger partial charge in [0.2, 0.25) is 0 Å². The smallest absolute Gasteiger partial charge is 0.330 e. The molecule has 1 aromatic rings. The number of hydrogen-bond donors (Lipinski definition) is 0. The van der Waals surface area contributed by atoms with Crippen molar-refractivity contribution < 1.29 is 9.53 Å². The molecule has 0 aromatic heterocycles. The lowest BCUT2D eigenvalue weighted by molar-refractivity contribution is -0.134. The van der Waals surface area contributed by atoms with Crippen molar-refractivity contribution >= 4 is 12.0 Å². The van der Waals surface area contributed by atoms with Crippen LogP contribution in [0, 0.1) is 0 Å². The van der Waals surface area contributed by atoms with Crippen molar-refractivity contribution in [2.75, 3.05) is 7.11 Å². The van der Waals surface area contributed by atoms with Crippen molar-refractivity contribution in [3.8, 4) is 0 Å². The SMILES string of the molecule is CCCCCCCc1ccc(/C=C/C(=O)OC)cc1. The average Bonchev–Trinajstić information content (AvgIpc) is 2.45. The minimum atomic E-state index is -0.319. The first-order valence-electron chi connectivity index (χ1n) is 7.11. The van der Waals surface area contributed by atoms with E-state index < -0.39 is 0 Å². The highest BCUT2D eigenvalue weighted by molar-refractivity contribution is 5.86. The largest absolute Gasteiger partial charge is 0.466 e. The lowest BCUT2D eigenvalue weighted by Crippen LogP contribution is -1.93. The van der Waals surface area contributed by atoms with Crippen LogP contribution < -0.4 is 0 Å². The Morgan fingerprint density at radius 2 is 1.79 bits per heavy atom. The predicted octanol–water partition coefficient (Wildman–Crippen LogP) is 4.39. The first-order valence-corrected chi connectivity index (χ1v) is 7.11. The summed E-state index contributed by atoms with van der Waals surface area (Å²) in [4.78, 5) is 11.0. The Kier molecular flexibility index (Phi) is 7.64. The van der Waals surface area contributed by atoms with E-state index in [1.165, 1.54) is 50.9 Å². The minimum absolute atomic E-state index is 0.319. The molecule has 0 bridgehead atoms. The Balaban J connectivity index is 2.35. The highest BCUT2D eigenvalue weighted by Gasteiger charge is 1.95. The Morgan fingerprint density at radius 3 is 2.42 bits per heavy atom. The topological polar surface area (TPSA) is 26.3 Å². The van der Waals surface area contributed by atoms with Crippen LogP contribution in [-0.2, 0) is 16.0 Å². The number of carbonyl (C=O) groups excluding carboxylic acids is 1. The molecule has 0 saturated carbocycles. The van der Waals surface area contributed by atoms with Crippen molar-refractivity contribution in [2.45, 2.75) is 45.4 Å². The van der Waals surface area contributed by atoms with Gasteiger partial charge in [-0.15, -0.1) is 0 Å². The van der Waals surface area contributed by atoms with Crippen LogP contribution in [0.1, 0.15) is 50.2 Å². The molecule has 0 saturated heterocycles. The highest BCUT2D eigenvalue weighted by atomic mass is 16.5. The van der Waals surface area contributed by atoms with Gasteiger partial charge in [0.25, 0.3) is 0 Å². The number of rotatable bonds is 8. The molecule has 0 N–H and O–H groups in total. The summed E-state index contributed by atoms with van der Waals surface area (Å²) in [5.74, 6) is -0.319. The van der Waals surface area contributed by atoms with Gasteiger partial charge >= 0.3 is 5.97 Å². The third-order valence-electron chi connectivity index (χ3n) is 3.16. The van der Waals surface area contributed by atoms with Crippen molar-refractivity contribution in [3.63, 3.8) is 0 Å². The lowest BCUT2D eigenvalue weighted by Gasteiger charge is -2.02. The van der Waals surface area contributed by atoms with Crippen LogP contribution in [0.25, 0.3) is 6.08 Å². The lowest BCUT2D eigenvalue weighted by atomic mass is 10.0. The third-order valence-corrected chi connectivity index (χ3v) is 3.16. The van der Waals surface area contributed by atoms with E-state index in [0.717, 1.165) is 12.0 Å². The second kappa shape index (κ2) is 9.37. The zero-order valence-corrected chi connectivity index (χ0v) is 12.0. The molecular formula is C17H24O2. The summed E-state index contributed by atoms with van der Waals surface area (Å²) >= 11 is 0. The molecule has 2 nitrogen and oxygen atoms in total. The Morgan fingerprint density at radius 1 is 1.11 bits per heavy atom. The summed E-state index contributed by atoms with van der Waals surface area (Å²) in [6, 6.07) is 8.36. The van der Waals surface area contributed by atoms with Gasteiger partial charge in [0.15, 0.2) is 0 Å². The molecule has 1 aromatic carbocycles. The van der Waals surface area contributed by atoms with Gasteiger partial charge < -0.3 is 4.74 Å². The molecular weight excluding hydrogens is 236 g/mol. The normalized spacial score (nSPS) is 10.8. The summed E-state index contributed by atoms with van der Waals surface area (Å²) in [6.07, 6.45) is 10.9. The number of unbranched alkanes of at least 4 members (excludes halogenated alkanes) is 4. The van der Waals surface area contributed by atoms with Gasteiger partial charge in [-0.05, 0) is 30.0 Å². The summed E-state index contributed by atoms with van der Waals surface area (Å²) in [5.41, 5.74) is 2.40. The van der Waals surface area contributed by atoms with E-state index >= 15 is 0 Å². The molecule has 0 aliphatic rings. The Labute approximate surface area is 116 Å². The van der Waals surface area contributed by atoms with E-state index in [0.29, 0.717) is 0 Å². The fraction of sp³-hybridized carbons (Fsp3) is 0.471. The summed E-state index contributed by atoms with van der Waals surface area (Å²) in [7, 11) is 1.38. The van der Waals surface area contributed by atoms with E-state index in [-0.39, 0.29) is 5.97 Å². The van der Waals surface area contributed by atoms with Crippen LogP contribution in [0.3, 0.4) is 0 Å². The molecule has 0 unspecified atom stereocenters. The first-order chi connectivity index (χ1) is 9.26. The van der Waals surface area contributed by atoms with Crippen molar-refractivity contribution in [1.29, 1.82) is 0 Å². The number of ether oxygens (including phenoxy) is 1. The van der Waals surface area contributed by atoms with Gasteiger partial charge in [0.1, 0.15) is 0 Å². The fourth-order valence-corrected chi connectivity index (χ4v) is 1.96. The number of methoxy groups -OCH3 is 1. The highest BCUT2D eigenvalue weighted by Crippen LogP contribution is 2.11. The van der Waals surface area contributed by atoms with Gasteiger partial charge in [-0.2, -0.15) is 0 Å². The Hall–Kier alpha value is -1.57. The van der Waals surface area contributed by atoms with Crippen molar-refractivity contribution in [1.82, 2.24) is 0 Å². The molecule has 19 heavy (non-hydrogen) atoms. The van der Waals surface area contributed by atoms with Gasteiger partial charge in [-0.25, -0.2) is 4.79 Å².